The number of carbonyl (C=O) groups is 1. The van der Waals surface area contributed by atoms with Gasteiger partial charge in [0.2, 0.25) is 11.6 Å². The first-order valence-corrected chi connectivity index (χ1v) is 19.8. The molecule has 1 amide bonds. The smallest absolute Gasteiger partial charge is 0.744 e. The fourth-order valence-corrected chi connectivity index (χ4v) is 8.43. The van der Waals surface area contributed by atoms with E-state index in [1.807, 2.05) is 110 Å². The van der Waals surface area contributed by atoms with E-state index < -0.39 is 35.4 Å². The normalized spacial score (nSPS) is 17.7. The molecule has 0 saturated carbocycles. The Balaban J connectivity index is 0.00000562. The molecular formula is C36H37IKN3O7S2. The van der Waals surface area contributed by atoms with Crippen molar-refractivity contribution in [3.8, 4) is 0 Å². The van der Waals surface area contributed by atoms with Gasteiger partial charge < -0.3 is 19.3 Å². The van der Waals surface area contributed by atoms with Gasteiger partial charge in [-0.25, -0.2) is 16.8 Å². The van der Waals surface area contributed by atoms with Crippen LogP contribution in [0.2, 0.25) is 0 Å². The third-order valence-electron chi connectivity index (χ3n) is 9.16. The first-order chi connectivity index (χ1) is 22.8. The predicted molar refractivity (Wildman–Crippen MR) is 199 cm³/mol. The van der Waals surface area contributed by atoms with Crippen molar-refractivity contribution in [1.82, 2.24) is 0 Å². The van der Waals surface area contributed by atoms with Gasteiger partial charge in [0, 0.05) is 46.7 Å². The van der Waals surface area contributed by atoms with E-state index in [4.69, 9.17) is 0 Å². The molecule has 3 aromatic rings. The summed E-state index contributed by atoms with van der Waals surface area (Å²) in [5.41, 5.74) is 5.29. The van der Waals surface area contributed by atoms with E-state index in [1.165, 1.54) is 6.07 Å². The average molecular weight is 854 g/mol. The second-order valence-electron chi connectivity index (χ2n) is 12.9. The fourth-order valence-electron chi connectivity index (χ4n) is 6.93. The fraction of sp³-hybridized carbons (Fsp3) is 0.278. The Kier molecular flexibility index (Phi) is 12.4. The Labute approximate surface area is 350 Å². The summed E-state index contributed by atoms with van der Waals surface area (Å²) in [6, 6.07) is 11.0. The van der Waals surface area contributed by atoms with Gasteiger partial charge in [-0.15, -0.1) is 0 Å². The van der Waals surface area contributed by atoms with Crippen LogP contribution in [0.15, 0.2) is 100 Å². The largest absolute Gasteiger partial charge is 1.00 e. The van der Waals surface area contributed by atoms with Crippen LogP contribution >= 0.6 is 22.6 Å². The van der Waals surface area contributed by atoms with Crippen molar-refractivity contribution in [1.29, 1.82) is 0 Å². The zero-order valence-electron chi connectivity index (χ0n) is 28.9. The molecule has 1 N–H and O–H groups in total. The molecule has 14 heteroatoms. The Morgan fingerprint density at radius 1 is 0.900 bits per heavy atom. The first-order valence-electron chi connectivity index (χ1n) is 15.5. The van der Waals surface area contributed by atoms with Gasteiger partial charge in [-0.05, 0) is 73.5 Å². The Bertz CT molecular complexity index is 2270. The maximum absolute atomic E-state index is 12.1. The van der Waals surface area contributed by atoms with Crippen LogP contribution in [0.1, 0.15) is 45.7 Å². The average Bonchev–Trinajstić information content (AvgIpc) is 3.36. The molecule has 0 unspecified atom stereocenters. The summed E-state index contributed by atoms with van der Waals surface area (Å²) in [5.74, 6) is -0.0429. The number of carbonyl (C=O) groups excluding carboxylic acids is 1. The van der Waals surface area contributed by atoms with Crippen LogP contribution in [-0.4, -0.2) is 60.2 Å². The standard InChI is InChI=1S/C36H38IN3O7S2.K/c1-7-40-29-18-16-25-26(20-24(48(42,43)44)21-30(25)49(45,46)47)34(29)36(4,5)32(40)14-12-10-8-9-11-13-31-35(2,3)27-19-23(38-33(41)22-37)15-17-28(27)39(31)6;/h8-21H,7,22H2,1-6H3,(H2-,38,41,42,43,44,45,46,47);/q;+1/p-1. The summed E-state index contributed by atoms with van der Waals surface area (Å²) in [7, 11) is -8.11. The monoisotopic (exact) mass is 853 g/mol. The van der Waals surface area contributed by atoms with E-state index in [0.29, 0.717) is 22.6 Å². The molecule has 2 aliphatic heterocycles. The third-order valence-corrected chi connectivity index (χ3v) is 11.5. The number of likely N-dealkylation sites (N-methyl/N-ethyl adjacent to an activating group) is 1. The van der Waals surface area contributed by atoms with Gasteiger partial charge in [-0.2, -0.15) is 4.58 Å². The molecule has 5 rings (SSSR count). The van der Waals surface area contributed by atoms with Crippen LogP contribution < -0.4 is 61.6 Å². The van der Waals surface area contributed by atoms with Crippen molar-refractivity contribution >= 4 is 82.3 Å². The Hall–Kier alpha value is -1.99. The minimum atomic E-state index is -5.08. The summed E-state index contributed by atoms with van der Waals surface area (Å²) in [6.45, 7) is 10.7. The van der Waals surface area contributed by atoms with Crippen molar-refractivity contribution in [2.75, 3.05) is 28.2 Å². The number of nitrogens with zero attached hydrogens (tertiary/aromatic N) is 2. The second-order valence-corrected chi connectivity index (χ2v) is 16.4. The van der Waals surface area contributed by atoms with Crippen molar-refractivity contribution < 1.29 is 86.7 Å². The van der Waals surface area contributed by atoms with Crippen LogP contribution in [0.3, 0.4) is 0 Å². The van der Waals surface area contributed by atoms with E-state index in [2.05, 4.69) is 29.8 Å². The number of hydrogen-bond acceptors (Lipinski definition) is 8. The van der Waals surface area contributed by atoms with Gasteiger partial charge in [0.15, 0.2) is 5.71 Å². The zero-order valence-corrected chi connectivity index (χ0v) is 35.9. The topological polar surface area (TPSA) is 150 Å². The number of amides is 1. The molecule has 258 valence electrons. The quantitative estimate of drug-likeness (QED) is 0.0861. The van der Waals surface area contributed by atoms with Crippen LogP contribution in [0.4, 0.5) is 17.1 Å². The zero-order chi connectivity index (χ0) is 36.1. The molecule has 10 nitrogen and oxygen atoms in total. The van der Waals surface area contributed by atoms with Crippen molar-refractivity contribution in [3.63, 3.8) is 0 Å². The summed E-state index contributed by atoms with van der Waals surface area (Å²) in [6.07, 6.45) is 13.6. The number of alkyl halides is 1. The molecule has 3 aromatic carbocycles. The molecule has 0 atom stereocenters. The number of fused-ring (bicyclic) bond motifs is 4. The van der Waals surface area contributed by atoms with E-state index in [9.17, 15) is 30.7 Å². The summed E-state index contributed by atoms with van der Waals surface area (Å²) < 4.78 is 74.9. The maximum atomic E-state index is 12.1. The molecule has 0 fully saturated rings. The molecule has 0 radical (unpaired) electrons. The Morgan fingerprint density at radius 2 is 1.56 bits per heavy atom. The van der Waals surface area contributed by atoms with Gasteiger partial charge in [-0.1, -0.05) is 72.9 Å². The van der Waals surface area contributed by atoms with Crippen LogP contribution in [0.5, 0.6) is 0 Å². The minimum absolute atomic E-state index is 0. The molecule has 2 heterocycles. The predicted octanol–water partition coefficient (Wildman–Crippen LogP) is 3.40. The van der Waals surface area contributed by atoms with Gasteiger partial charge >= 0.3 is 51.4 Å². The molecule has 0 aliphatic carbocycles. The molecule has 0 aromatic heterocycles. The minimum Gasteiger partial charge on any atom is -0.744 e. The number of hydrogen-bond donors (Lipinski definition) is 1. The van der Waals surface area contributed by atoms with Crippen LogP contribution in [0, 0.1) is 0 Å². The van der Waals surface area contributed by atoms with E-state index in [1.54, 1.807) is 6.07 Å². The molecule has 0 saturated heterocycles. The van der Waals surface area contributed by atoms with Crippen LogP contribution in [-0.2, 0) is 35.9 Å². The van der Waals surface area contributed by atoms with Crippen molar-refractivity contribution in [2.45, 2.75) is 55.2 Å². The number of nitrogens with one attached hydrogen (secondary N) is 1. The van der Waals surface area contributed by atoms with E-state index in [0.717, 1.165) is 40.1 Å². The van der Waals surface area contributed by atoms with Crippen molar-refractivity contribution in [3.05, 3.63) is 102 Å². The molecule has 0 spiro atoms. The molecular weight excluding hydrogens is 817 g/mol. The molecule has 0 bridgehead atoms. The molecule has 50 heavy (non-hydrogen) atoms. The number of anilines is 2. The number of halogens is 1. The molecule has 2 aliphatic rings. The number of allylic oxidation sites excluding steroid dienone is 8. The summed E-state index contributed by atoms with van der Waals surface area (Å²) in [5, 5.41) is 3.23. The van der Waals surface area contributed by atoms with Gasteiger partial charge in [0.1, 0.15) is 27.3 Å². The summed E-state index contributed by atoms with van der Waals surface area (Å²) in [4.78, 5) is 12.5. The van der Waals surface area contributed by atoms with E-state index in [-0.39, 0.29) is 73.5 Å². The first kappa shape index (κ1) is 40.8. The van der Waals surface area contributed by atoms with E-state index >= 15 is 0 Å². The third kappa shape index (κ3) is 7.70. The van der Waals surface area contributed by atoms with Gasteiger partial charge in [0.05, 0.1) is 19.6 Å². The maximum Gasteiger partial charge on any atom is 1.00 e. The van der Waals surface area contributed by atoms with Gasteiger partial charge in [-0.3, -0.25) is 4.79 Å². The van der Waals surface area contributed by atoms with Crippen LogP contribution in [0.25, 0.3) is 10.8 Å². The number of benzene rings is 3. The summed E-state index contributed by atoms with van der Waals surface area (Å²) >= 11 is 2.04. The van der Waals surface area contributed by atoms with Crippen molar-refractivity contribution in [2.24, 2.45) is 0 Å². The van der Waals surface area contributed by atoms with Gasteiger partial charge in [0.25, 0.3) is 0 Å². The Morgan fingerprint density at radius 3 is 2.18 bits per heavy atom. The second kappa shape index (κ2) is 15.2. The number of rotatable bonds is 9. The SMILES string of the molecule is CCN1C(=CC=CC=CC=CC2=[N+](C)c3ccc(NC(=O)CI)cc3C2(C)C)C(C)(C)c2c1ccc1c(S(=O)(=O)[O-])cc(S(=O)(=O)[O-])cc21.[K+].